The number of fused-ring (bicyclic) bond motifs is 12. The summed E-state index contributed by atoms with van der Waals surface area (Å²) in [5, 5.41) is 9.12. The Hall–Kier alpha value is -8.81. The normalized spacial score (nSPS) is 12.1. The van der Waals surface area contributed by atoms with Crippen molar-refractivity contribution in [3.8, 4) is 40.1 Å². The first-order valence-electron chi connectivity index (χ1n) is 21.5. The van der Waals surface area contributed by atoms with Crippen LogP contribution in [-0.4, -0.2) is 28.7 Å². The van der Waals surface area contributed by atoms with Crippen LogP contribution in [0, 0.1) is 0 Å². The van der Waals surface area contributed by atoms with Crippen LogP contribution >= 0.6 is 0 Å². The van der Waals surface area contributed by atoms with Gasteiger partial charge in [0.25, 0.3) is 0 Å². The van der Waals surface area contributed by atoms with Crippen molar-refractivity contribution in [3.63, 3.8) is 0 Å². The molecule has 0 fully saturated rings. The van der Waals surface area contributed by atoms with Crippen LogP contribution in [0.1, 0.15) is 0 Å². The Morgan fingerprint density at radius 1 is 0.312 bits per heavy atom. The van der Waals surface area contributed by atoms with E-state index in [9.17, 15) is 0 Å². The third kappa shape index (κ3) is 5.00. The molecule has 9 aromatic carbocycles. The molecule has 5 aromatic heterocycles. The number of furan rings is 1. The van der Waals surface area contributed by atoms with Gasteiger partial charge in [-0.1, -0.05) is 133 Å². The van der Waals surface area contributed by atoms with Gasteiger partial charge in [-0.3, -0.25) is 4.57 Å². The molecule has 14 aromatic rings. The summed E-state index contributed by atoms with van der Waals surface area (Å²) >= 11 is 0. The molecule has 298 valence electrons. The largest absolute Gasteiger partial charge is 0.455 e. The fourth-order valence-electron chi connectivity index (χ4n) is 10.1. The number of nitrogens with zero attached hydrogens (tertiary/aromatic N) is 6. The molecule has 0 saturated carbocycles. The van der Waals surface area contributed by atoms with Crippen LogP contribution < -0.4 is 0 Å². The van der Waals surface area contributed by atoms with Crippen molar-refractivity contribution >= 4 is 87.4 Å². The van der Waals surface area contributed by atoms with Gasteiger partial charge < -0.3 is 13.6 Å². The van der Waals surface area contributed by atoms with Crippen LogP contribution in [0.15, 0.2) is 211 Å². The zero-order valence-electron chi connectivity index (χ0n) is 34.2. The second-order valence-electron chi connectivity index (χ2n) is 16.4. The summed E-state index contributed by atoms with van der Waals surface area (Å²) in [5.74, 6) is 1.63. The van der Waals surface area contributed by atoms with Gasteiger partial charge in [0.05, 0.1) is 38.7 Å². The lowest BCUT2D eigenvalue weighted by atomic mass is 10.1. The second kappa shape index (κ2) is 13.3. The molecule has 0 radical (unpaired) electrons. The monoisotopic (exact) mass is 818 g/mol. The summed E-state index contributed by atoms with van der Waals surface area (Å²) in [6.07, 6.45) is 0. The fourth-order valence-corrected chi connectivity index (χ4v) is 10.1. The average Bonchev–Trinajstić information content (AvgIpc) is 4.10. The Balaban J connectivity index is 1.02. The van der Waals surface area contributed by atoms with Crippen molar-refractivity contribution in [3.05, 3.63) is 206 Å². The molecule has 0 saturated heterocycles. The summed E-state index contributed by atoms with van der Waals surface area (Å²) in [6, 6.07) is 72.6. The lowest BCUT2D eigenvalue weighted by Gasteiger charge is -2.13. The van der Waals surface area contributed by atoms with E-state index in [0.717, 1.165) is 77.3 Å². The molecule has 0 N–H and O–H groups in total. The molecule has 7 heteroatoms. The molecular weight excluding hydrogens is 785 g/mol. The van der Waals surface area contributed by atoms with Crippen LogP contribution in [-0.2, 0) is 0 Å². The van der Waals surface area contributed by atoms with E-state index in [-0.39, 0.29) is 0 Å². The van der Waals surface area contributed by atoms with Crippen molar-refractivity contribution in [1.82, 2.24) is 28.7 Å². The van der Waals surface area contributed by atoms with E-state index in [1.165, 1.54) is 32.6 Å². The van der Waals surface area contributed by atoms with Gasteiger partial charge in [0.15, 0.2) is 11.6 Å². The Labute approximate surface area is 365 Å². The van der Waals surface area contributed by atoms with Crippen LogP contribution in [0.5, 0.6) is 0 Å². The highest BCUT2D eigenvalue weighted by molar-refractivity contribution is 6.19. The smallest absolute Gasteiger partial charge is 0.238 e. The van der Waals surface area contributed by atoms with Crippen LogP contribution in [0.3, 0.4) is 0 Å². The van der Waals surface area contributed by atoms with E-state index in [1.807, 2.05) is 24.3 Å². The number of para-hydroxylation sites is 7. The second-order valence-corrected chi connectivity index (χ2v) is 16.4. The Morgan fingerprint density at radius 2 is 0.797 bits per heavy atom. The zero-order valence-corrected chi connectivity index (χ0v) is 34.2. The summed E-state index contributed by atoms with van der Waals surface area (Å²) in [5.41, 5.74) is 12.0. The van der Waals surface area contributed by atoms with Crippen molar-refractivity contribution in [1.29, 1.82) is 0 Å². The van der Waals surface area contributed by atoms with Gasteiger partial charge in [-0.25, -0.2) is 4.98 Å². The molecule has 0 atom stereocenters. The number of hydrogen-bond acceptors (Lipinski definition) is 4. The van der Waals surface area contributed by atoms with Crippen molar-refractivity contribution in [2.75, 3.05) is 0 Å². The van der Waals surface area contributed by atoms with Crippen molar-refractivity contribution in [2.45, 2.75) is 0 Å². The van der Waals surface area contributed by atoms with E-state index in [4.69, 9.17) is 19.4 Å². The predicted molar refractivity (Wildman–Crippen MR) is 261 cm³/mol. The molecule has 0 aliphatic rings. The van der Waals surface area contributed by atoms with E-state index >= 15 is 0 Å². The first kappa shape index (κ1) is 34.9. The first-order valence-corrected chi connectivity index (χ1v) is 21.5. The third-order valence-electron chi connectivity index (χ3n) is 12.9. The number of benzene rings is 9. The highest BCUT2D eigenvalue weighted by atomic mass is 16.3. The molecule has 7 nitrogen and oxygen atoms in total. The minimum atomic E-state index is 0.532. The van der Waals surface area contributed by atoms with Gasteiger partial charge in [0, 0.05) is 60.0 Å². The fraction of sp³-hybridized carbons (Fsp3) is 0. The first-order chi connectivity index (χ1) is 31.7. The van der Waals surface area contributed by atoms with Crippen LogP contribution in [0.4, 0.5) is 0 Å². The van der Waals surface area contributed by atoms with Gasteiger partial charge in [-0.2, -0.15) is 9.97 Å². The number of rotatable bonds is 5. The maximum atomic E-state index is 6.58. The van der Waals surface area contributed by atoms with E-state index in [0.29, 0.717) is 17.6 Å². The maximum Gasteiger partial charge on any atom is 0.238 e. The number of hydrogen-bond donors (Lipinski definition) is 0. The lowest BCUT2D eigenvalue weighted by molar-refractivity contribution is 0.669. The third-order valence-corrected chi connectivity index (χ3v) is 12.9. The quantitative estimate of drug-likeness (QED) is 0.173. The summed E-state index contributed by atoms with van der Waals surface area (Å²) in [7, 11) is 0. The molecule has 5 heterocycles. The maximum absolute atomic E-state index is 6.58. The Kier molecular flexibility index (Phi) is 7.27. The van der Waals surface area contributed by atoms with Gasteiger partial charge in [0.1, 0.15) is 11.2 Å². The molecule has 0 bridgehead atoms. The van der Waals surface area contributed by atoms with E-state index < -0.39 is 0 Å². The minimum absolute atomic E-state index is 0.532. The predicted octanol–water partition coefficient (Wildman–Crippen LogP) is 14.4. The molecule has 0 aliphatic heterocycles. The van der Waals surface area contributed by atoms with Gasteiger partial charge in [-0.05, 0) is 72.8 Å². The molecule has 0 amide bonds. The Bertz CT molecular complexity index is 4160. The standard InChI is InChI=1S/C57H34N6O/c1-2-17-36(18-3-1)61-47-27-9-6-22-40(47)45-34-52-46(33-51(45)61)41-23-7-10-28-48(41)62(52)37-19-14-16-35(32-37)55-58-56(44-26-15-25-43-42-24-8-13-31-53(42)64-54(43)44)60-57(59-55)63-49-29-11-4-20-38(49)39-21-5-12-30-50(39)63/h1-34H. The van der Waals surface area contributed by atoms with Gasteiger partial charge in [-0.15, -0.1) is 0 Å². The average molecular weight is 819 g/mol. The molecule has 0 unspecified atom stereocenters. The summed E-state index contributed by atoms with van der Waals surface area (Å²) < 4.78 is 13.5. The van der Waals surface area contributed by atoms with Crippen molar-refractivity contribution in [2.24, 2.45) is 0 Å². The molecule has 0 spiro atoms. The van der Waals surface area contributed by atoms with Crippen molar-refractivity contribution < 1.29 is 4.42 Å². The molecule has 0 aliphatic carbocycles. The topological polar surface area (TPSA) is 66.6 Å². The van der Waals surface area contributed by atoms with Crippen LogP contribution in [0.25, 0.3) is 127 Å². The van der Waals surface area contributed by atoms with Crippen LogP contribution in [0.2, 0.25) is 0 Å². The highest BCUT2D eigenvalue weighted by Crippen LogP contribution is 2.41. The lowest BCUT2D eigenvalue weighted by Crippen LogP contribution is -2.06. The summed E-state index contributed by atoms with van der Waals surface area (Å²) in [6.45, 7) is 0. The SMILES string of the molecule is c1ccc(-n2c3ccccc3c3cc4c(cc32)c2ccccc2n4-c2cccc(-c3nc(-c4cccc5c4oc4ccccc45)nc(-n4c5ccccc5c5ccccc54)n3)c2)cc1. The van der Waals surface area contributed by atoms with E-state index in [2.05, 4.69) is 196 Å². The molecule has 64 heavy (non-hydrogen) atoms. The summed E-state index contributed by atoms with van der Waals surface area (Å²) in [4.78, 5) is 16.0. The highest BCUT2D eigenvalue weighted by Gasteiger charge is 2.22. The zero-order chi connectivity index (χ0) is 41.9. The minimum Gasteiger partial charge on any atom is -0.455 e. The molecular formula is C57H34N6O. The van der Waals surface area contributed by atoms with E-state index in [1.54, 1.807) is 0 Å². The number of aromatic nitrogens is 6. The van der Waals surface area contributed by atoms with Gasteiger partial charge in [0.2, 0.25) is 5.95 Å². The molecule has 14 rings (SSSR count). The van der Waals surface area contributed by atoms with Gasteiger partial charge >= 0.3 is 0 Å². The Morgan fingerprint density at radius 3 is 1.45 bits per heavy atom.